The molecule has 14 heavy (non-hydrogen) atoms. The maximum atomic E-state index is 3.29. The van der Waals surface area contributed by atoms with Crippen LogP contribution >= 0.6 is 0 Å². The highest BCUT2D eigenvalue weighted by atomic mass is 14.8. The van der Waals surface area contributed by atoms with Crippen LogP contribution in [0.4, 0.5) is 5.69 Å². The van der Waals surface area contributed by atoms with Gasteiger partial charge in [-0.3, -0.25) is 0 Å². The van der Waals surface area contributed by atoms with E-state index in [2.05, 4.69) is 44.3 Å². The van der Waals surface area contributed by atoms with E-state index in [4.69, 9.17) is 0 Å². The van der Waals surface area contributed by atoms with Crippen molar-refractivity contribution in [2.45, 2.75) is 39.5 Å². The highest BCUT2D eigenvalue weighted by molar-refractivity contribution is 5.54. The summed E-state index contributed by atoms with van der Waals surface area (Å²) in [6.07, 6.45) is 2.43. The Balaban J connectivity index is 3.06. The summed E-state index contributed by atoms with van der Waals surface area (Å²) in [7, 11) is 2.00. The van der Waals surface area contributed by atoms with Crippen LogP contribution in [-0.4, -0.2) is 7.05 Å². The molecule has 0 aromatic heterocycles. The van der Waals surface area contributed by atoms with Crippen LogP contribution in [0.25, 0.3) is 0 Å². The third-order valence-corrected chi connectivity index (χ3v) is 2.90. The second-order valence-electron chi connectivity index (χ2n) is 3.85. The van der Waals surface area contributed by atoms with E-state index in [1.54, 1.807) is 0 Å². The summed E-state index contributed by atoms with van der Waals surface area (Å²) in [4.78, 5) is 0. The molecule has 0 aliphatic rings. The fraction of sp³-hybridized carbons (Fsp3) is 0.538. The van der Waals surface area contributed by atoms with Crippen LogP contribution in [0.1, 0.15) is 43.7 Å². The predicted molar refractivity (Wildman–Crippen MR) is 64.0 cm³/mol. The molecule has 0 amide bonds. The first kappa shape index (κ1) is 11.1. The van der Waals surface area contributed by atoms with Crippen molar-refractivity contribution < 1.29 is 0 Å². The molecular weight excluding hydrogens is 170 g/mol. The second kappa shape index (κ2) is 5.04. The first-order valence-electron chi connectivity index (χ1n) is 5.51. The molecule has 1 aromatic rings. The Morgan fingerprint density at radius 2 is 1.86 bits per heavy atom. The second-order valence-corrected chi connectivity index (χ2v) is 3.85. The molecule has 0 bridgehead atoms. The van der Waals surface area contributed by atoms with Crippen molar-refractivity contribution in [1.82, 2.24) is 0 Å². The minimum atomic E-state index is 0.693. The van der Waals surface area contributed by atoms with E-state index in [1.807, 2.05) is 7.05 Å². The van der Waals surface area contributed by atoms with Crippen LogP contribution in [0.15, 0.2) is 18.2 Å². The average molecular weight is 191 g/mol. The van der Waals surface area contributed by atoms with Gasteiger partial charge in [0.15, 0.2) is 0 Å². The number of anilines is 1. The van der Waals surface area contributed by atoms with Crippen molar-refractivity contribution in [3.8, 4) is 0 Å². The van der Waals surface area contributed by atoms with Gasteiger partial charge in [-0.1, -0.05) is 26.0 Å². The molecule has 0 aliphatic carbocycles. The zero-order valence-corrected chi connectivity index (χ0v) is 9.72. The quantitative estimate of drug-likeness (QED) is 0.760. The Morgan fingerprint density at radius 1 is 1.21 bits per heavy atom. The number of nitrogens with one attached hydrogen (secondary N) is 1. The van der Waals surface area contributed by atoms with Crippen LogP contribution < -0.4 is 5.32 Å². The van der Waals surface area contributed by atoms with Crippen LogP contribution in [0.5, 0.6) is 0 Å². The summed E-state index contributed by atoms with van der Waals surface area (Å²) in [6, 6.07) is 6.70. The zero-order valence-electron chi connectivity index (χ0n) is 9.72. The lowest BCUT2D eigenvalue weighted by Crippen LogP contribution is -2.01. The molecule has 0 heterocycles. The Labute approximate surface area is 87.5 Å². The molecular formula is C13H21N. The standard InChI is InChI=1S/C13H21N/c1-5-11(6-2)12-8-7-10(3)9-13(12)14-4/h7-9,11,14H,5-6H2,1-4H3. The van der Waals surface area contributed by atoms with E-state index in [0.717, 1.165) is 0 Å². The predicted octanol–water partition coefficient (Wildman–Crippen LogP) is 3.94. The lowest BCUT2D eigenvalue weighted by atomic mass is 9.92. The van der Waals surface area contributed by atoms with Gasteiger partial charge < -0.3 is 5.32 Å². The van der Waals surface area contributed by atoms with Gasteiger partial charge >= 0.3 is 0 Å². The maximum Gasteiger partial charge on any atom is 0.0375 e. The van der Waals surface area contributed by atoms with E-state index in [0.29, 0.717) is 5.92 Å². The molecule has 0 saturated heterocycles. The van der Waals surface area contributed by atoms with Gasteiger partial charge in [0.1, 0.15) is 0 Å². The minimum Gasteiger partial charge on any atom is -0.388 e. The third kappa shape index (κ3) is 2.28. The summed E-state index contributed by atoms with van der Waals surface area (Å²) >= 11 is 0. The van der Waals surface area contributed by atoms with E-state index in [1.165, 1.54) is 29.7 Å². The number of benzene rings is 1. The summed E-state index contributed by atoms with van der Waals surface area (Å²) in [5.41, 5.74) is 4.07. The number of rotatable bonds is 4. The average Bonchev–Trinajstić information content (AvgIpc) is 2.21. The molecule has 0 atom stereocenters. The lowest BCUT2D eigenvalue weighted by Gasteiger charge is -2.17. The van der Waals surface area contributed by atoms with E-state index < -0.39 is 0 Å². The van der Waals surface area contributed by atoms with Crippen molar-refractivity contribution in [3.05, 3.63) is 29.3 Å². The van der Waals surface area contributed by atoms with Crippen LogP contribution in [0.2, 0.25) is 0 Å². The first-order chi connectivity index (χ1) is 6.72. The van der Waals surface area contributed by atoms with E-state index in [-0.39, 0.29) is 0 Å². The molecule has 0 fully saturated rings. The summed E-state index contributed by atoms with van der Waals surface area (Å²) in [5.74, 6) is 0.693. The molecule has 1 heteroatoms. The molecule has 0 radical (unpaired) electrons. The smallest absolute Gasteiger partial charge is 0.0375 e. The highest BCUT2D eigenvalue weighted by Crippen LogP contribution is 2.29. The monoisotopic (exact) mass is 191 g/mol. The highest BCUT2D eigenvalue weighted by Gasteiger charge is 2.10. The van der Waals surface area contributed by atoms with E-state index >= 15 is 0 Å². The van der Waals surface area contributed by atoms with Crippen LogP contribution in [-0.2, 0) is 0 Å². The van der Waals surface area contributed by atoms with Crippen molar-refractivity contribution in [1.29, 1.82) is 0 Å². The van der Waals surface area contributed by atoms with E-state index in [9.17, 15) is 0 Å². The lowest BCUT2D eigenvalue weighted by molar-refractivity contribution is 0.643. The molecule has 0 aliphatic heterocycles. The SMILES string of the molecule is CCC(CC)c1ccc(C)cc1NC. The topological polar surface area (TPSA) is 12.0 Å². The molecule has 0 saturated carbocycles. The number of aryl methyl sites for hydroxylation is 1. The zero-order chi connectivity index (χ0) is 10.6. The van der Waals surface area contributed by atoms with Gasteiger partial charge in [-0.05, 0) is 42.9 Å². The Hall–Kier alpha value is -0.980. The van der Waals surface area contributed by atoms with Crippen LogP contribution in [0.3, 0.4) is 0 Å². The van der Waals surface area contributed by atoms with Gasteiger partial charge in [0.2, 0.25) is 0 Å². The fourth-order valence-electron chi connectivity index (χ4n) is 1.97. The van der Waals surface area contributed by atoms with Gasteiger partial charge in [-0.15, -0.1) is 0 Å². The van der Waals surface area contributed by atoms with Gasteiger partial charge in [-0.2, -0.15) is 0 Å². The maximum absolute atomic E-state index is 3.29. The molecule has 1 aromatic carbocycles. The Bertz CT molecular complexity index is 287. The Morgan fingerprint density at radius 3 is 2.36 bits per heavy atom. The largest absolute Gasteiger partial charge is 0.388 e. The van der Waals surface area contributed by atoms with Gasteiger partial charge in [0, 0.05) is 12.7 Å². The van der Waals surface area contributed by atoms with Crippen molar-refractivity contribution >= 4 is 5.69 Å². The Kier molecular flexibility index (Phi) is 3.99. The first-order valence-corrected chi connectivity index (χ1v) is 5.51. The number of hydrogen-bond acceptors (Lipinski definition) is 1. The minimum absolute atomic E-state index is 0.693. The normalized spacial score (nSPS) is 10.6. The molecule has 78 valence electrons. The van der Waals surface area contributed by atoms with Crippen molar-refractivity contribution in [2.24, 2.45) is 0 Å². The van der Waals surface area contributed by atoms with Gasteiger partial charge in [0.25, 0.3) is 0 Å². The molecule has 1 N–H and O–H groups in total. The van der Waals surface area contributed by atoms with Crippen LogP contribution in [0, 0.1) is 6.92 Å². The van der Waals surface area contributed by atoms with Gasteiger partial charge in [0.05, 0.1) is 0 Å². The third-order valence-electron chi connectivity index (χ3n) is 2.90. The summed E-state index contributed by atoms with van der Waals surface area (Å²) in [5, 5.41) is 3.29. The summed E-state index contributed by atoms with van der Waals surface area (Å²) in [6.45, 7) is 6.65. The molecule has 0 spiro atoms. The molecule has 1 nitrogen and oxygen atoms in total. The van der Waals surface area contributed by atoms with Crippen molar-refractivity contribution in [2.75, 3.05) is 12.4 Å². The summed E-state index contributed by atoms with van der Waals surface area (Å²) < 4.78 is 0. The molecule has 1 rings (SSSR count). The molecule has 0 unspecified atom stereocenters. The van der Waals surface area contributed by atoms with Gasteiger partial charge in [-0.25, -0.2) is 0 Å². The fourth-order valence-corrected chi connectivity index (χ4v) is 1.97. The van der Waals surface area contributed by atoms with Crippen molar-refractivity contribution in [3.63, 3.8) is 0 Å². The number of hydrogen-bond donors (Lipinski definition) is 1.